The van der Waals surface area contributed by atoms with E-state index in [2.05, 4.69) is 15.6 Å². The number of guanidine groups is 1. The largest absolute Gasteiger partial charge is 0.383 e. The summed E-state index contributed by atoms with van der Waals surface area (Å²) >= 11 is 0. The molecule has 1 fully saturated rings. The van der Waals surface area contributed by atoms with Crippen LogP contribution >= 0.6 is 0 Å². The van der Waals surface area contributed by atoms with Crippen molar-refractivity contribution in [2.24, 2.45) is 4.99 Å². The Bertz CT molecular complexity index is 294. The lowest BCUT2D eigenvalue weighted by Crippen LogP contribution is -2.39. The number of likely N-dealkylation sites (tertiary alicyclic amines) is 1. The molecule has 0 aromatic heterocycles. The number of carbonyl (C=O) groups excluding carboxylic acids is 1. The van der Waals surface area contributed by atoms with Gasteiger partial charge < -0.3 is 20.3 Å². The number of ether oxygens (including phenoxy) is 1. The van der Waals surface area contributed by atoms with Gasteiger partial charge >= 0.3 is 0 Å². The summed E-state index contributed by atoms with van der Waals surface area (Å²) in [4.78, 5) is 17.8. The summed E-state index contributed by atoms with van der Waals surface area (Å²) in [5, 5.41) is 6.37. The molecule has 0 aliphatic carbocycles. The van der Waals surface area contributed by atoms with Gasteiger partial charge in [0.2, 0.25) is 5.91 Å². The molecule has 0 radical (unpaired) electrons. The molecule has 1 rings (SSSR count). The lowest BCUT2D eigenvalue weighted by molar-refractivity contribution is -0.127. The van der Waals surface area contributed by atoms with Gasteiger partial charge in [-0.15, -0.1) is 0 Å². The Morgan fingerprint density at radius 1 is 1.47 bits per heavy atom. The fourth-order valence-corrected chi connectivity index (χ4v) is 2.01. The summed E-state index contributed by atoms with van der Waals surface area (Å²) in [5.74, 6) is 1.10. The minimum Gasteiger partial charge on any atom is -0.383 e. The lowest BCUT2D eigenvalue weighted by Gasteiger charge is -2.15. The predicted octanol–water partition coefficient (Wildman–Crippen LogP) is 0.200. The van der Waals surface area contributed by atoms with E-state index in [4.69, 9.17) is 4.74 Å². The van der Waals surface area contributed by atoms with Crippen molar-refractivity contribution in [1.82, 2.24) is 15.5 Å². The van der Waals surface area contributed by atoms with E-state index in [0.29, 0.717) is 13.0 Å². The van der Waals surface area contributed by atoms with Crippen molar-refractivity contribution in [2.75, 3.05) is 46.4 Å². The van der Waals surface area contributed by atoms with Gasteiger partial charge in [-0.05, 0) is 19.8 Å². The van der Waals surface area contributed by atoms with Crippen LogP contribution in [0.2, 0.25) is 0 Å². The fourth-order valence-electron chi connectivity index (χ4n) is 2.01. The number of amides is 1. The van der Waals surface area contributed by atoms with Crippen molar-refractivity contribution in [2.45, 2.75) is 26.2 Å². The minimum atomic E-state index is 0.286. The average molecular weight is 270 g/mol. The molecule has 6 nitrogen and oxygen atoms in total. The Morgan fingerprint density at radius 3 is 2.95 bits per heavy atom. The van der Waals surface area contributed by atoms with Crippen LogP contribution in [0.25, 0.3) is 0 Å². The van der Waals surface area contributed by atoms with Crippen molar-refractivity contribution in [3.63, 3.8) is 0 Å². The SMILES string of the molecule is CCNC(=NCCCN1CCCC1=O)NCCOC. The van der Waals surface area contributed by atoms with Gasteiger partial charge in [0.05, 0.1) is 6.61 Å². The number of rotatable bonds is 8. The molecule has 0 aromatic rings. The van der Waals surface area contributed by atoms with E-state index in [-0.39, 0.29) is 5.91 Å². The number of nitrogens with one attached hydrogen (secondary N) is 2. The first-order valence-electron chi connectivity index (χ1n) is 7.06. The highest BCUT2D eigenvalue weighted by molar-refractivity contribution is 5.79. The zero-order valence-electron chi connectivity index (χ0n) is 12.1. The Hall–Kier alpha value is -1.30. The first-order chi connectivity index (χ1) is 9.27. The Kier molecular flexibility index (Phi) is 7.97. The van der Waals surface area contributed by atoms with Crippen LogP contribution in [-0.2, 0) is 9.53 Å². The molecular weight excluding hydrogens is 244 g/mol. The van der Waals surface area contributed by atoms with Crippen LogP contribution in [0.3, 0.4) is 0 Å². The van der Waals surface area contributed by atoms with Crippen LogP contribution in [0.5, 0.6) is 0 Å². The van der Waals surface area contributed by atoms with Crippen molar-refractivity contribution in [3.05, 3.63) is 0 Å². The van der Waals surface area contributed by atoms with Gasteiger partial charge in [0.1, 0.15) is 0 Å². The van der Waals surface area contributed by atoms with Gasteiger partial charge in [0.15, 0.2) is 5.96 Å². The van der Waals surface area contributed by atoms with Crippen LogP contribution in [0.1, 0.15) is 26.2 Å². The van der Waals surface area contributed by atoms with Crippen LogP contribution in [0, 0.1) is 0 Å². The summed E-state index contributed by atoms with van der Waals surface area (Å²) in [6.07, 6.45) is 2.63. The molecule has 0 atom stereocenters. The van der Waals surface area contributed by atoms with Crippen LogP contribution < -0.4 is 10.6 Å². The monoisotopic (exact) mass is 270 g/mol. The maximum atomic E-state index is 11.4. The molecule has 1 heterocycles. The maximum absolute atomic E-state index is 11.4. The molecule has 2 N–H and O–H groups in total. The maximum Gasteiger partial charge on any atom is 0.222 e. The first kappa shape index (κ1) is 15.8. The van der Waals surface area contributed by atoms with Crippen LogP contribution in [0.4, 0.5) is 0 Å². The molecule has 1 saturated heterocycles. The van der Waals surface area contributed by atoms with E-state index in [0.717, 1.165) is 51.5 Å². The first-order valence-corrected chi connectivity index (χ1v) is 7.06. The highest BCUT2D eigenvalue weighted by Gasteiger charge is 2.18. The molecular formula is C13H26N4O2. The summed E-state index contributed by atoms with van der Waals surface area (Å²) in [7, 11) is 1.68. The molecule has 19 heavy (non-hydrogen) atoms. The summed E-state index contributed by atoms with van der Waals surface area (Å²) in [6, 6.07) is 0. The zero-order chi connectivity index (χ0) is 13.9. The smallest absolute Gasteiger partial charge is 0.222 e. The summed E-state index contributed by atoms with van der Waals surface area (Å²) < 4.78 is 4.99. The van der Waals surface area contributed by atoms with Crippen LogP contribution in [-0.4, -0.2) is 63.2 Å². The van der Waals surface area contributed by atoms with E-state index in [1.54, 1.807) is 7.11 Å². The molecule has 1 amide bonds. The molecule has 0 bridgehead atoms. The second-order valence-corrected chi connectivity index (χ2v) is 4.52. The highest BCUT2D eigenvalue weighted by Crippen LogP contribution is 2.09. The average Bonchev–Trinajstić information content (AvgIpc) is 2.80. The van der Waals surface area contributed by atoms with Gasteiger partial charge in [-0.1, -0.05) is 0 Å². The highest BCUT2D eigenvalue weighted by atomic mass is 16.5. The lowest BCUT2D eigenvalue weighted by atomic mass is 10.4. The quantitative estimate of drug-likeness (QED) is 0.376. The number of hydrogen-bond acceptors (Lipinski definition) is 3. The van der Waals surface area contributed by atoms with Gasteiger partial charge in [-0.25, -0.2) is 0 Å². The van der Waals surface area contributed by atoms with E-state index in [1.807, 2.05) is 11.8 Å². The standard InChI is InChI=1S/C13H26N4O2/c1-3-14-13(16-8-11-19-2)15-7-5-10-17-9-4-6-12(17)18/h3-11H2,1-2H3,(H2,14,15,16). The fraction of sp³-hybridized carbons (Fsp3) is 0.846. The van der Waals surface area contributed by atoms with E-state index >= 15 is 0 Å². The molecule has 6 heteroatoms. The van der Waals surface area contributed by atoms with E-state index < -0.39 is 0 Å². The van der Waals surface area contributed by atoms with Gasteiger partial charge in [0.25, 0.3) is 0 Å². The van der Waals surface area contributed by atoms with Crippen molar-refractivity contribution in [3.8, 4) is 0 Å². The molecule has 0 saturated carbocycles. The van der Waals surface area contributed by atoms with Gasteiger partial charge in [0, 0.05) is 46.3 Å². The second-order valence-electron chi connectivity index (χ2n) is 4.52. The predicted molar refractivity (Wildman–Crippen MR) is 76.3 cm³/mol. The topological polar surface area (TPSA) is 66.0 Å². The van der Waals surface area contributed by atoms with Crippen molar-refractivity contribution < 1.29 is 9.53 Å². The Balaban J connectivity index is 2.20. The molecule has 0 spiro atoms. The van der Waals surface area contributed by atoms with Crippen molar-refractivity contribution in [1.29, 1.82) is 0 Å². The van der Waals surface area contributed by atoms with E-state index in [1.165, 1.54) is 0 Å². The minimum absolute atomic E-state index is 0.286. The molecule has 1 aliphatic heterocycles. The molecule has 1 aliphatic rings. The van der Waals surface area contributed by atoms with Crippen LogP contribution in [0.15, 0.2) is 4.99 Å². The second kappa shape index (κ2) is 9.61. The number of carbonyl (C=O) groups is 1. The van der Waals surface area contributed by atoms with E-state index in [9.17, 15) is 4.79 Å². The number of aliphatic imine (C=N–C) groups is 1. The number of nitrogens with zero attached hydrogens (tertiary/aromatic N) is 2. The Morgan fingerprint density at radius 2 is 2.32 bits per heavy atom. The Labute approximate surface area is 115 Å². The molecule has 110 valence electrons. The molecule has 0 unspecified atom stereocenters. The van der Waals surface area contributed by atoms with Gasteiger partial charge in [-0.2, -0.15) is 0 Å². The van der Waals surface area contributed by atoms with Crippen molar-refractivity contribution >= 4 is 11.9 Å². The zero-order valence-corrected chi connectivity index (χ0v) is 12.1. The third kappa shape index (κ3) is 6.42. The third-order valence-electron chi connectivity index (χ3n) is 2.97. The van der Waals surface area contributed by atoms with Gasteiger partial charge in [-0.3, -0.25) is 9.79 Å². The summed E-state index contributed by atoms with van der Waals surface area (Å²) in [6.45, 7) is 6.74. The third-order valence-corrected chi connectivity index (χ3v) is 2.97. The normalized spacial score (nSPS) is 16.0. The number of hydrogen-bond donors (Lipinski definition) is 2. The summed E-state index contributed by atoms with van der Waals surface area (Å²) in [5.41, 5.74) is 0. The molecule has 0 aromatic carbocycles. The number of methoxy groups -OCH3 is 1.